The second kappa shape index (κ2) is 3.41. The second-order valence-corrected chi connectivity index (χ2v) is 3.81. The lowest BCUT2D eigenvalue weighted by Crippen LogP contribution is -2.28. The summed E-state index contributed by atoms with van der Waals surface area (Å²) in [5, 5.41) is 0. The lowest BCUT2D eigenvalue weighted by molar-refractivity contribution is 0.110. The summed E-state index contributed by atoms with van der Waals surface area (Å²) in [7, 11) is 0. The molecule has 0 aromatic heterocycles. The highest BCUT2D eigenvalue weighted by molar-refractivity contribution is 4.85. The van der Waals surface area contributed by atoms with Crippen LogP contribution in [0.2, 0.25) is 0 Å². The first-order valence-electron chi connectivity index (χ1n) is 4.83. The van der Waals surface area contributed by atoms with Crippen LogP contribution in [0.5, 0.6) is 0 Å². The molecule has 0 aliphatic heterocycles. The molecule has 0 atom stereocenters. The van der Waals surface area contributed by atoms with Crippen molar-refractivity contribution in [1.82, 2.24) is 0 Å². The smallest absolute Gasteiger partial charge is 0.0300 e. The Bertz CT molecular complexity index is 84.7. The van der Waals surface area contributed by atoms with Gasteiger partial charge in [-0.15, -0.1) is 0 Å². The fourth-order valence-corrected chi connectivity index (χ4v) is 2.01. The van der Waals surface area contributed by atoms with Crippen LogP contribution in [0.4, 0.5) is 0 Å². The van der Waals surface area contributed by atoms with E-state index in [0.717, 1.165) is 5.41 Å². The first-order valence-corrected chi connectivity index (χ1v) is 4.83. The van der Waals surface area contributed by atoms with Crippen molar-refractivity contribution in [1.29, 1.82) is 0 Å². The number of hydrogen-bond donors (Lipinski definition) is 0. The van der Waals surface area contributed by atoms with Crippen molar-refractivity contribution >= 4 is 0 Å². The van der Waals surface area contributed by atoms with Crippen LogP contribution in [0.3, 0.4) is 0 Å². The summed E-state index contributed by atoms with van der Waals surface area (Å²) in [6.45, 7) is 4.65. The standard InChI is InChI=1S/C10H20/c1-3-5-7-10(4-2)8-6-9-10/h3-9H2,1-2H3. The Hall–Kier alpha value is 0. The third-order valence-electron chi connectivity index (χ3n) is 3.22. The zero-order chi connectivity index (χ0) is 7.45. The highest BCUT2D eigenvalue weighted by atomic mass is 14.4. The Kier molecular flexibility index (Phi) is 2.76. The first kappa shape index (κ1) is 8.10. The van der Waals surface area contributed by atoms with Crippen LogP contribution in [0.1, 0.15) is 58.8 Å². The molecule has 0 N–H and O–H groups in total. The van der Waals surface area contributed by atoms with E-state index in [-0.39, 0.29) is 0 Å². The molecule has 0 aromatic carbocycles. The minimum Gasteiger partial charge on any atom is -0.0654 e. The summed E-state index contributed by atoms with van der Waals surface area (Å²) >= 11 is 0. The molecule has 1 fully saturated rings. The van der Waals surface area contributed by atoms with E-state index in [0.29, 0.717) is 0 Å². The summed E-state index contributed by atoms with van der Waals surface area (Å²) in [4.78, 5) is 0. The first-order chi connectivity index (χ1) is 4.83. The van der Waals surface area contributed by atoms with E-state index in [1.807, 2.05) is 0 Å². The van der Waals surface area contributed by atoms with Gasteiger partial charge in [-0.2, -0.15) is 0 Å². The highest BCUT2D eigenvalue weighted by Crippen LogP contribution is 2.47. The minimum absolute atomic E-state index is 0.815. The van der Waals surface area contributed by atoms with Crippen LogP contribution in [-0.2, 0) is 0 Å². The minimum atomic E-state index is 0.815. The average Bonchev–Trinajstić information content (AvgIpc) is 1.87. The normalized spacial score (nSPS) is 22.2. The van der Waals surface area contributed by atoms with Gasteiger partial charge in [0.15, 0.2) is 0 Å². The van der Waals surface area contributed by atoms with Crippen LogP contribution in [0.25, 0.3) is 0 Å². The number of unbranched alkanes of at least 4 members (excludes halogenated alkanes) is 1. The van der Waals surface area contributed by atoms with Gasteiger partial charge in [-0.25, -0.2) is 0 Å². The Morgan fingerprint density at radius 1 is 1.20 bits per heavy atom. The van der Waals surface area contributed by atoms with Crippen LogP contribution >= 0.6 is 0 Å². The fourth-order valence-electron chi connectivity index (χ4n) is 2.01. The van der Waals surface area contributed by atoms with Gasteiger partial charge in [-0.05, 0) is 24.7 Å². The Morgan fingerprint density at radius 2 is 1.90 bits per heavy atom. The van der Waals surface area contributed by atoms with E-state index in [4.69, 9.17) is 0 Å². The largest absolute Gasteiger partial charge is 0.0654 e. The molecule has 0 radical (unpaired) electrons. The fraction of sp³-hybridized carbons (Fsp3) is 1.00. The van der Waals surface area contributed by atoms with E-state index in [1.165, 1.54) is 44.9 Å². The van der Waals surface area contributed by atoms with Gasteiger partial charge in [-0.1, -0.05) is 39.5 Å². The average molecular weight is 140 g/mol. The molecule has 1 aliphatic rings. The summed E-state index contributed by atoms with van der Waals surface area (Å²) in [5.74, 6) is 0. The molecule has 60 valence electrons. The van der Waals surface area contributed by atoms with Crippen LogP contribution in [-0.4, -0.2) is 0 Å². The lowest BCUT2D eigenvalue weighted by atomic mass is 9.64. The van der Waals surface area contributed by atoms with Gasteiger partial charge in [0.2, 0.25) is 0 Å². The van der Waals surface area contributed by atoms with Crippen molar-refractivity contribution in [3.8, 4) is 0 Å². The Balaban J connectivity index is 2.20. The summed E-state index contributed by atoms with van der Waals surface area (Å²) in [6, 6.07) is 0. The van der Waals surface area contributed by atoms with Gasteiger partial charge >= 0.3 is 0 Å². The molecule has 0 heteroatoms. The number of rotatable bonds is 4. The van der Waals surface area contributed by atoms with Gasteiger partial charge in [-0.3, -0.25) is 0 Å². The van der Waals surface area contributed by atoms with Crippen molar-refractivity contribution in [2.45, 2.75) is 58.8 Å². The molecule has 10 heavy (non-hydrogen) atoms. The van der Waals surface area contributed by atoms with Crippen LogP contribution < -0.4 is 0 Å². The topological polar surface area (TPSA) is 0 Å². The SMILES string of the molecule is CCCCC1(CC)CCC1. The maximum atomic E-state index is 2.36. The van der Waals surface area contributed by atoms with Crippen molar-refractivity contribution in [3.63, 3.8) is 0 Å². The molecular formula is C10H20. The molecule has 0 spiro atoms. The zero-order valence-electron chi connectivity index (χ0n) is 7.45. The molecule has 0 heterocycles. The van der Waals surface area contributed by atoms with Crippen molar-refractivity contribution in [3.05, 3.63) is 0 Å². The predicted octanol–water partition coefficient (Wildman–Crippen LogP) is 3.76. The zero-order valence-corrected chi connectivity index (χ0v) is 7.45. The van der Waals surface area contributed by atoms with Gasteiger partial charge in [0, 0.05) is 0 Å². The van der Waals surface area contributed by atoms with Crippen molar-refractivity contribution in [2.24, 2.45) is 5.41 Å². The molecule has 0 nitrogen and oxygen atoms in total. The maximum absolute atomic E-state index is 2.36. The maximum Gasteiger partial charge on any atom is -0.0300 e. The lowest BCUT2D eigenvalue weighted by Gasteiger charge is -2.41. The molecule has 0 amide bonds. The molecule has 1 rings (SSSR count). The van der Waals surface area contributed by atoms with Gasteiger partial charge in [0.05, 0.1) is 0 Å². The Morgan fingerprint density at radius 3 is 2.20 bits per heavy atom. The molecule has 0 unspecified atom stereocenters. The highest BCUT2D eigenvalue weighted by Gasteiger charge is 2.33. The van der Waals surface area contributed by atoms with Crippen molar-refractivity contribution < 1.29 is 0 Å². The predicted molar refractivity (Wildman–Crippen MR) is 46.1 cm³/mol. The van der Waals surface area contributed by atoms with Crippen LogP contribution in [0, 0.1) is 5.41 Å². The summed E-state index contributed by atoms with van der Waals surface area (Å²) in [6.07, 6.45) is 10.3. The van der Waals surface area contributed by atoms with Gasteiger partial charge in [0.25, 0.3) is 0 Å². The van der Waals surface area contributed by atoms with Gasteiger partial charge < -0.3 is 0 Å². The molecule has 1 aliphatic carbocycles. The molecule has 0 bridgehead atoms. The summed E-state index contributed by atoms with van der Waals surface area (Å²) < 4.78 is 0. The quantitative estimate of drug-likeness (QED) is 0.558. The van der Waals surface area contributed by atoms with E-state index in [1.54, 1.807) is 0 Å². The Labute approximate surface area is 65.0 Å². The molecular weight excluding hydrogens is 120 g/mol. The van der Waals surface area contributed by atoms with E-state index in [2.05, 4.69) is 13.8 Å². The monoisotopic (exact) mass is 140 g/mol. The third-order valence-corrected chi connectivity index (χ3v) is 3.22. The van der Waals surface area contributed by atoms with Crippen molar-refractivity contribution in [2.75, 3.05) is 0 Å². The molecule has 1 saturated carbocycles. The molecule has 0 saturated heterocycles. The second-order valence-electron chi connectivity index (χ2n) is 3.81. The number of hydrogen-bond acceptors (Lipinski definition) is 0. The third kappa shape index (κ3) is 1.53. The van der Waals surface area contributed by atoms with E-state index < -0.39 is 0 Å². The van der Waals surface area contributed by atoms with E-state index >= 15 is 0 Å². The molecule has 0 aromatic rings. The van der Waals surface area contributed by atoms with E-state index in [9.17, 15) is 0 Å². The van der Waals surface area contributed by atoms with Gasteiger partial charge in [0.1, 0.15) is 0 Å². The summed E-state index contributed by atoms with van der Waals surface area (Å²) in [5.41, 5.74) is 0.815. The van der Waals surface area contributed by atoms with Crippen LogP contribution in [0.15, 0.2) is 0 Å².